The summed E-state index contributed by atoms with van der Waals surface area (Å²) in [6.45, 7) is 6.34. The van der Waals surface area contributed by atoms with Gasteiger partial charge in [-0.05, 0) is 30.4 Å². The van der Waals surface area contributed by atoms with Crippen molar-refractivity contribution in [3.63, 3.8) is 0 Å². The van der Waals surface area contributed by atoms with Crippen molar-refractivity contribution < 1.29 is 14.3 Å². The van der Waals surface area contributed by atoms with Crippen molar-refractivity contribution in [2.24, 2.45) is 11.8 Å². The van der Waals surface area contributed by atoms with Gasteiger partial charge >= 0.3 is 0 Å². The van der Waals surface area contributed by atoms with Gasteiger partial charge in [-0.2, -0.15) is 0 Å². The number of hydrogen-bond donors (Lipinski definition) is 1. The van der Waals surface area contributed by atoms with Crippen LogP contribution in [-0.4, -0.2) is 43.0 Å². The summed E-state index contributed by atoms with van der Waals surface area (Å²) >= 11 is 1.50. The molecule has 5 nitrogen and oxygen atoms in total. The molecule has 0 spiro atoms. The molecule has 2 heterocycles. The second-order valence-corrected chi connectivity index (χ2v) is 8.36. The van der Waals surface area contributed by atoms with E-state index in [0.717, 1.165) is 22.4 Å². The van der Waals surface area contributed by atoms with E-state index in [1.165, 1.54) is 11.3 Å². The lowest BCUT2D eigenvalue weighted by atomic mass is 10.1. The fourth-order valence-electron chi connectivity index (χ4n) is 3.54. The van der Waals surface area contributed by atoms with Crippen LogP contribution >= 0.6 is 11.3 Å². The highest BCUT2D eigenvalue weighted by Crippen LogP contribution is 2.43. The van der Waals surface area contributed by atoms with E-state index in [-0.39, 0.29) is 17.7 Å². The molecule has 1 aliphatic carbocycles. The van der Waals surface area contributed by atoms with Crippen LogP contribution in [0.5, 0.6) is 0 Å². The van der Waals surface area contributed by atoms with Crippen LogP contribution in [0.15, 0.2) is 30.3 Å². The summed E-state index contributed by atoms with van der Waals surface area (Å²) in [6.07, 6.45) is 0.925. The first-order valence-electron chi connectivity index (χ1n) is 9.43. The zero-order valence-corrected chi connectivity index (χ0v) is 16.5. The first-order chi connectivity index (χ1) is 13.1. The Morgan fingerprint density at radius 3 is 2.48 bits per heavy atom. The lowest BCUT2D eigenvalue weighted by Crippen LogP contribution is -2.41. The molecule has 2 aliphatic rings. The summed E-state index contributed by atoms with van der Waals surface area (Å²) in [5, 5.41) is 3.73. The maximum atomic E-state index is 13.2. The molecule has 1 saturated heterocycles. The van der Waals surface area contributed by atoms with E-state index < -0.39 is 0 Å². The Bertz CT molecular complexity index is 856. The standard InChI is InChI=1S/C21H24N2O3S/c1-13-12-16(13)19(24)22-20-17(21(25)23-8-10-26-11-9-23)14(2)18(27-20)15-6-4-3-5-7-15/h3-7,13,16H,8-12H2,1-2H3,(H,22,24)/t13-,16+/m0/s1. The highest BCUT2D eigenvalue weighted by Gasteiger charge is 2.40. The number of rotatable bonds is 4. The molecule has 27 heavy (non-hydrogen) atoms. The number of thiophene rings is 1. The molecule has 2 fully saturated rings. The molecule has 2 atom stereocenters. The van der Waals surface area contributed by atoms with Crippen LogP contribution in [0.3, 0.4) is 0 Å². The monoisotopic (exact) mass is 384 g/mol. The molecule has 0 bridgehead atoms. The summed E-state index contributed by atoms with van der Waals surface area (Å²) in [5.74, 6) is 0.504. The van der Waals surface area contributed by atoms with Gasteiger partial charge in [0.15, 0.2) is 0 Å². The molecule has 0 radical (unpaired) electrons. The summed E-state index contributed by atoms with van der Waals surface area (Å²) in [5.41, 5.74) is 2.63. The van der Waals surface area contributed by atoms with Crippen LogP contribution in [0, 0.1) is 18.8 Å². The first kappa shape index (κ1) is 18.2. The molecule has 142 valence electrons. The topological polar surface area (TPSA) is 58.6 Å². The quantitative estimate of drug-likeness (QED) is 0.872. The predicted octanol–water partition coefficient (Wildman–Crippen LogP) is 3.79. The molecular formula is C21H24N2O3S. The number of amides is 2. The van der Waals surface area contributed by atoms with Crippen molar-refractivity contribution in [1.29, 1.82) is 0 Å². The zero-order valence-electron chi connectivity index (χ0n) is 15.7. The highest BCUT2D eigenvalue weighted by atomic mass is 32.1. The van der Waals surface area contributed by atoms with Gasteiger partial charge in [-0.3, -0.25) is 9.59 Å². The van der Waals surface area contributed by atoms with Gasteiger partial charge in [0.05, 0.1) is 18.8 Å². The van der Waals surface area contributed by atoms with Crippen LogP contribution in [0.2, 0.25) is 0 Å². The number of anilines is 1. The van der Waals surface area contributed by atoms with Gasteiger partial charge in [0.2, 0.25) is 5.91 Å². The lowest BCUT2D eigenvalue weighted by Gasteiger charge is -2.27. The number of carbonyl (C=O) groups is 2. The van der Waals surface area contributed by atoms with Crippen molar-refractivity contribution in [2.75, 3.05) is 31.6 Å². The smallest absolute Gasteiger partial charge is 0.257 e. The van der Waals surface area contributed by atoms with E-state index in [1.807, 2.05) is 42.2 Å². The average molecular weight is 385 g/mol. The largest absolute Gasteiger partial charge is 0.378 e. The van der Waals surface area contributed by atoms with Crippen molar-refractivity contribution in [3.05, 3.63) is 41.5 Å². The second-order valence-electron chi connectivity index (χ2n) is 7.34. The fourth-order valence-corrected chi connectivity index (χ4v) is 4.75. The number of benzene rings is 1. The van der Waals surface area contributed by atoms with Crippen molar-refractivity contribution >= 4 is 28.2 Å². The van der Waals surface area contributed by atoms with Gasteiger partial charge in [0.1, 0.15) is 5.00 Å². The third kappa shape index (κ3) is 3.64. The lowest BCUT2D eigenvalue weighted by molar-refractivity contribution is -0.117. The summed E-state index contributed by atoms with van der Waals surface area (Å²) < 4.78 is 5.38. The highest BCUT2D eigenvalue weighted by molar-refractivity contribution is 7.20. The molecule has 0 unspecified atom stereocenters. The number of carbonyl (C=O) groups excluding carboxylic acids is 2. The molecule has 1 aromatic carbocycles. The number of ether oxygens (including phenoxy) is 1. The Morgan fingerprint density at radius 2 is 1.85 bits per heavy atom. The molecule has 2 amide bonds. The van der Waals surface area contributed by atoms with E-state index in [0.29, 0.717) is 42.8 Å². The van der Waals surface area contributed by atoms with Crippen molar-refractivity contribution in [3.8, 4) is 10.4 Å². The molecule has 1 saturated carbocycles. The zero-order chi connectivity index (χ0) is 19.0. The van der Waals surface area contributed by atoms with Crippen LogP contribution in [-0.2, 0) is 9.53 Å². The molecule has 1 aliphatic heterocycles. The Balaban J connectivity index is 1.71. The fraction of sp³-hybridized carbons (Fsp3) is 0.429. The first-order valence-corrected chi connectivity index (χ1v) is 10.2. The number of hydrogen-bond acceptors (Lipinski definition) is 4. The molecular weight excluding hydrogens is 360 g/mol. The molecule has 6 heteroatoms. The van der Waals surface area contributed by atoms with Gasteiger partial charge in [-0.1, -0.05) is 37.3 Å². The molecule has 1 N–H and O–H groups in total. The van der Waals surface area contributed by atoms with Crippen molar-refractivity contribution in [1.82, 2.24) is 4.90 Å². The molecule has 2 aromatic rings. The number of nitrogens with one attached hydrogen (secondary N) is 1. The Labute approximate surface area is 163 Å². The predicted molar refractivity (Wildman–Crippen MR) is 107 cm³/mol. The van der Waals surface area contributed by atoms with E-state index in [9.17, 15) is 9.59 Å². The Hall–Kier alpha value is -2.18. The normalized spacial score (nSPS) is 21.8. The van der Waals surface area contributed by atoms with Crippen LogP contribution in [0.25, 0.3) is 10.4 Å². The van der Waals surface area contributed by atoms with Crippen molar-refractivity contribution in [2.45, 2.75) is 20.3 Å². The van der Waals surface area contributed by atoms with E-state index in [4.69, 9.17) is 4.74 Å². The minimum atomic E-state index is -0.0200. The van der Waals surface area contributed by atoms with Gasteiger partial charge in [0, 0.05) is 23.9 Å². The van der Waals surface area contributed by atoms with Crippen LogP contribution in [0.1, 0.15) is 29.3 Å². The minimum Gasteiger partial charge on any atom is -0.378 e. The SMILES string of the molecule is Cc1c(-c2ccccc2)sc(NC(=O)[C@@H]2C[C@@H]2C)c1C(=O)N1CCOCC1. The van der Waals surface area contributed by atoms with E-state index >= 15 is 0 Å². The van der Waals surface area contributed by atoms with Gasteiger partial charge in [0.25, 0.3) is 5.91 Å². The average Bonchev–Trinajstić information content (AvgIpc) is 3.35. The van der Waals surface area contributed by atoms with Crippen LogP contribution in [0.4, 0.5) is 5.00 Å². The Morgan fingerprint density at radius 1 is 1.19 bits per heavy atom. The number of morpholine rings is 1. The van der Waals surface area contributed by atoms with E-state index in [1.54, 1.807) is 0 Å². The summed E-state index contributed by atoms with van der Waals surface area (Å²) in [6, 6.07) is 10.0. The van der Waals surface area contributed by atoms with Gasteiger partial charge in [-0.25, -0.2) is 0 Å². The molecule has 4 rings (SSSR count). The second kappa shape index (κ2) is 7.44. The Kier molecular flexibility index (Phi) is 5.02. The third-order valence-electron chi connectivity index (χ3n) is 5.38. The van der Waals surface area contributed by atoms with E-state index in [2.05, 4.69) is 12.2 Å². The number of nitrogens with zero attached hydrogens (tertiary/aromatic N) is 1. The third-order valence-corrected chi connectivity index (χ3v) is 6.63. The minimum absolute atomic E-state index is 0.0200. The maximum absolute atomic E-state index is 13.2. The van der Waals surface area contributed by atoms with Crippen LogP contribution < -0.4 is 5.32 Å². The summed E-state index contributed by atoms with van der Waals surface area (Å²) in [7, 11) is 0. The maximum Gasteiger partial charge on any atom is 0.257 e. The van der Waals surface area contributed by atoms with Gasteiger partial charge in [-0.15, -0.1) is 11.3 Å². The molecule has 1 aromatic heterocycles. The summed E-state index contributed by atoms with van der Waals surface area (Å²) in [4.78, 5) is 28.6. The van der Waals surface area contributed by atoms with Gasteiger partial charge < -0.3 is 15.0 Å².